The van der Waals surface area contributed by atoms with Crippen LogP contribution in [0, 0.1) is 3.57 Å². The fourth-order valence-electron chi connectivity index (χ4n) is 1.40. The summed E-state index contributed by atoms with van der Waals surface area (Å²) in [5.41, 5.74) is 1.32. The molecule has 1 heterocycles. The Morgan fingerprint density at radius 1 is 1.47 bits per heavy atom. The van der Waals surface area contributed by atoms with Gasteiger partial charge in [0.15, 0.2) is 5.78 Å². The Morgan fingerprint density at radius 3 is 2.87 bits per heavy atom. The van der Waals surface area contributed by atoms with Crippen molar-refractivity contribution in [1.29, 1.82) is 0 Å². The number of Topliss-reactive ketones (excluding diaryl/α,β-unsaturated/α-hetero) is 1. The number of pyridine rings is 1. The summed E-state index contributed by atoms with van der Waals surface area (Å²) in [6, 6.07) is 5.74. The Kier molecular flexibility index (Phi) is 2.93. The molecule has 0 aliphatic heterocycles. The third kappa shape index (κ3) is 1.86. The first-order valence-electron chi connectivity index (χ1n) is 4.35. The highest BCUT2D eigenvalue weighted by atomic mass is 127. The van der Waals surface area contributed by atoms with Crippen LogP contribution in [0.5, 0.6) is 0 Å². The van der Waals surface area contributed by atoms with E-state index in [0.717, 1.165) is 14.5 Å². The molecule has 0 aliphatic rings. The standard InChI is InChI=1S/C11H7ClINO/c1-6(15)8-5-14-11-7(10(8)12)3-2-4-9(11)13/h2-5H,1H3. The summed E-state index contributed by atoms with van der Waals surface area (Å²) in [7, 11) is 0. The molecule has 2 rings (SSSR count). The van der Waals surface area contributed by atoms with E-state index in [1.165, 1.54) is 13.1 Å². The van der Waals surface area contributed by atoms with Gasteiger partial charge in [-0.2, -0.15) is 0 Å². The number of aromatic nitrogens is 1. The molecular formula is C11H7ClINO. The number of hydrogen-bond donors (Lipinski definition) is 0. The van der Waals surface area contributed by atoms with Crippen LogP contribution in [0.15, 0.2) is 24.4 Å². The number of hydrogen-bond acceptors (Lipinski definition) is 2. The highest BCUT2D eigenvalue weighted by molar-refractivity contribution is 14.1. The number of rotatable bonds is 1. The van der Waals surface area contributed by atoms with Crippen LogP contribution in [0.2, 0.25) is 5.02 Å². The number of fused-ring (bicyclic) bond motifs is 1. The molecule has 0 saturated carbocycles. The number of halogens is 2. The molecule has 0 radical (unpaired) electrons. The normalized spacial score (nSPS) is 10.6. The van der Waals surface area contributed by atoms with Crippen molar-refractivity contribution in [3.8, 4) is 0 Å². The van der Waals surface area contributed by atoms with Gasteiger partial charge in [0.2, 0.25) is 0 Å². The van der Waals surface area contributed by atoms with E-state index in [1.54, 1.807) is 0 Å². The molecule has 0 saturated heterocycles. The molecule has 15 heavy (non-hydrogen) atoms. The molecule has 0 N–H and O–H groups in total. The zero-order chi connectivity index (χ0) is 11.0. The SMILES string of the molecule is CC(=O)c1cnc2c(I)cccc2c1Cl. The van der Waals surface area contributed by atoms with Crippen LogP contribution in [0.25, 0.3) is 10.9 Å². The van der Waals surface area contributed by atoms with Gasteiger partial charge in [0.1, 0.15) is 0 Å². The predicted molar refractivity (Wildman–Crippen MR) is 69.5 cm³/mol. The maximum atomic E-state index is 11.3. The van der Waals surface area contributed by atoms with E-state index in [9.17, 15) is 4.79 Å². The van der Waals surface area contributed by atoms with Gasteiger partial charge in [0, 0.05) is 15.2 Å². The lowest BCUT2D eigenvalue weighted by Crippen LogP contribution is -1.96. The molecular weight excluding hydrogens is 324 g/mol. The quantitative estimate of drug-likeness (QED) is 0.589. The number of carbonyl (C=O) groups excluding carboxylic acids is 1. The molecule has 76 valence electrons. The number of benzene rings is 1. The van der Waals surface area contributed by atoms with Crippen molar-refractivity contribution in [2.24, 2.45) is 0 Å². The molecule has 2 nitrogen and oxygen atoms in total. The average Bonchev–Trinajstić information content (AvgIpc) is 2.19. The van der Waals surface area contributed by atoms with Crippen LogP contribution in [0.4, 0.5) is 0 Å². The second kappa shape index (κ2) is 4.06. The van der Waals surface area contributed by atoms with Crippen molar-refractivity contribution in [2.75, 3.05) is 0 Å². The van der Waals surface area contributed by atoms with Crippen LogP contribution in [-0.4, -0.2) is 10.8 Å². The first-order valence-corrected chi connectivity index (χ1v) is 5.80. The highest BCUT2D eigenvalue weighted by Crippen LogP contribution is 2.28. The summed E-state index contributed by atoms with van der Waals surface area (Å²) in [6.07, 6.45) is 1.54. The van der Waals surface area contributed by atoms with E-state index < -0.39 is 0 Å². The minimum Gasteiger partial charge on any atom is -0.294 e. The second-order valence-electron chi connectivity index (χ2n) is 3.18. The largest absolute Gasteiger partial charge is 0.294 e. The molecule has 4 heteroatoms. The van der Waals surface area contributed by atoms with Crippen LogP contribution in [-0.2, 0) is 0 Å². The van der Waals surface area contributed by atoms with Crippen LogP contribution in [0.1, 0.15) is 17.3 Å². The number of para-hydroxylation sites is 1. The van der Waals surface area contributed by atoms with Crippen molar-refractivity contribution in [2.45, 2.75) is 6.92 Å². The Morgan fingerprint density at radius 2 is 2.20 bits per heavy atom. The van der Waals surface area contributed by atoms with Gasteiger partial charge in [-0.1, -0.05) is 23.7 Å². The minimum absolute atomic E-state index is 0.0618. The lowest BCUT2D eigenvalue weighted by Gasteiger charge is -2.05. The Balaban J connectivity index is 2.86. The molecule has 0 atom stereocenters. The van der Waals surface area contributed by atoms with Crippen LogP contribution in [0.3, 0.4) is 0 Å². The third-order valence-corrected chi connectivity index (χ3v) is 3.44. The van der Waals surface area contributed by atoms with E-state index >= 15 is 0 Å². The lowest BCUT2D eigenvalue weighted by molar-refractivity contribution is 0.101. The van der Waals surface area contributed by atoms with Gasteiger partial charge in [-0.15, -0.1) is 0 Å². The number of nitrogens with zero attached hydrogens (tertiary/aromatic N) is 1. The minimum atomic E-state index is -0.0618. The van der Waals surface area contributed by atoms with E-state index in [0.29, 0.717) is 10.6 Å². The summed E-state index contributed by atoms with van der Waals surface area (Å²) in [4.78, 5) is 15.5. The molecule has 0 aliphatic carbocycles. The summed E-state index contributed by atoms with van der Waals surface area (Å²) in [6.45, 7) is 1.49. The molecule has 0 bridgehead atoms. The van der Waals surface area contributed by atoms with Crippen LogP contribution < -0.4 is 0 Å². The van der Waals surface area contributed by atoms with Gasteiger partial charge in [-0.3, -0.25) is 9.78 Å². The second-order valence-corrected chi connectivity index (χ2v) is 4.72. The Bertz CT molecular complexity index is 554. The fourth-order valence-corrected chi connectivity index (χ4v) is 2.37. The topological polar surface area (TPSA) is 30.0 Å². The van der Waals surface area contributed by atoms with Gasteiger partial charge >= 0.3 is 0 Å². The van der Waals surface area contributed by atoms with E-state index in [1.807, 2.05) is 18.2 Å². The molecule has 0 spiro atoms. The lowest BCUT2D eigenvalue weighted by atomic mass is 10.1. The molecule has 0 unspecified atom stereocenters. The predicted octanol–water partition coefficient (Wildman–Crippen LogP) is 3.70. The number of ketones is 1. The zero-order valence-corrected chi connectivity index (χ0v) is 10.8. The molecule has 0 fully saturated rings. The van der Waals surface area contributed by atoms with Gasteiger partial charge < -0.3 is 0 Å². The van der Waals surface area contributed by atoms with Gasteiger partial charge in [0.05, 0.1) is 16.1 Å². The average molecular weight is 332 g/mol. The smallest absolute Gasteiger partial charge is 0.162 e. The highest BCUT2D eigenvalue weighted by Gasteiger charge is 2.11. The Labute approximate surface area is 106 Å². The first-order chi connectivity index (χ1) is 7.11. The Hall–Kier alpha value is -0.680. The maximum absolute atomic E-state index is 11.3. The van der Waals surface area contributed by atoms with Crippen molar-refractivity contribution in [1.82, 2.24) is 4.98 Å². The molecule has 1 aromatic heterocycles. The summed E-state index contributed by atoms with van der Waals surface area (Å²) in [5, 5.41) is 1.32. The fraction of sp³-hybridized carbons (Fsp3) is 0.0909. The van der Waals surface area contributed by atoms with E-state index in [-0.39, 0.29) is 5.78 Å². The molecule has 1 aromatic carbocycles. The van der Waals surface area contributed by atoms with Crippen molar-refractivity contribution in [3.05, 3.63) is 38.6 Å². The van der Waals surface area contributed by atoms with Gasteiger partial charge in [-0.25, -0.2) is 0 Å². The monoisotopic (exact) mass is 331 g/mol. The van der Waals surface area contributed by atoms with Crippen molar-refractivity contribution >= 4 is 50.9 Å². The van der Waals surface area contributed by atoms with E-state index in [4.69, 9.17) is 11.6 Å². The number of carbonyl (C=O) groups is 1. The third-order valence-electron chi connectivity index (χ3n) is 2.16. The summed E-state index contributed by atoms with van der Waals surface area (Å²) >= 11 is 8.34. The van der Waals surface area contributed by atoms with Crippen molar-refractivity contribution in [3.63, 3.8) is 0 Å². The first kappa shape index (κ1) is 10.8. The summed E-state index contributed by atoms with van der Waals surface area (Å²) < 4.78 is 1.03. The zero-order valence-electron chi connectivity index (χ0n) is 7.92. The summed E-state index contributed by atoms with van der Waals surface area (Å²) in [5.74, 6) is -0.0618. The molecule has 2 aromatic rings. The van der Waals surface area contributed by atoms with Gasteiger partial charge in [-0.05, 0) is 35.6 Å². The molecule has 0 amide bonds. The van der Waals surface area contributed by atoms with Crippen molar-refractivity contribution < 1.29 is 4.79 Å². The maximum Gasteiger partial charge on any atom is 0.162 e. The van der Waals surface area contributed by atoms with Gasteiger partial charge in [0.25, 0.3) is 0 Å². The van der Waals surface area contributed by atoms with E-state index in [2.05, 4.69) is 27.6 Å². The van der Waals surface area contributed by atoms with Crippen LogP contribution >= 0.6 is 34.2 Å².